The summed E-state index contributed by atoms with van der Waals surface area (Å²) in [5, 5.41) is 3.39. The number of imide groups is 1. The van der Waals surface area contributed by atoms with Gasteiger partial charge in [0.25, 0.3) is 5.91 Å². The van der Waals surface area contributed by atoms with E-state index in [1.807, 2.05) is 18.2 Å². The number of aliphatic imine (C=N–C) groups is 1. The second-order valence-electron chi connectivity index (χ2n) is 8.97. The van der Waals surface area contributed by atoms with E-state index >= 15 is 0 Å². The standard InChI is InChI=1S/C28H21N3O3S2/c32-24-16-34-28(33)31(24)15-21-25(18-10-11-23-20(14-18)19-8-4-5-9-22(19)36-23)29-27-30(12-13-35-27)26(21)17-6-2-1-3-7-17/h1-11,14,26H,12-13,15-16H2. The summed E-state index contributed by atoms with van der Waals surface area (Å²) in [7, 11) is 0. The van der Waals surface area contributed by atoms with Gasteiger partial charge < -0.3 is 9.64 Å². The second kappa shape index (κ2) is 8.50. The third kappa shape index (κ3) is 3.43. The number of nitrogens with zero attached hydrogens (tertiary/aromatic N) is 3. The highest BCUT2D eigenvalue weighted by Crippen LogP contribution is 2.44. The monoisotopic (exact) mass is 511 g/mol. The summed E-state index contributed by atoms with van der Waals surface area (Å²) in [4.78, 5) is 33.7. The van der Waals surface area contributed by atoms with E-state index in [0.29, 0.717) is 0 Å². The van der Waals surface area contributed by atoms with E-state index in [-0.39, 0.29) is 25.1 Å². The van der Waals surface area contributed by atoms with Gasteiger partial charge in [0.2, 0.25) is 0 Å². The van der Waals surface area contributed by atoms with Gasteiger partial charge >= 0.3 is 6.09 Å². The van der Waals surface area contributed by atoms with Crippen LogP contribution in [0.2, 0.25) is 0 Å². The predicted octanol–water partition coefficient (Wildman–Crippen LogP) is 5.90. The number of hydrogen-bond acceptors (Lipinski definition) is 7. The number of fused-ring (bicyclic) bond motifs is 4. The number of hydrogen-bond donors (Lipinski definition) is 0. The van der Waals surface area contributed by atoms with Crippen molar-refractivity contribution in [3.8, 4) is 0 Å². The Labute approximate surface area is 215 Å². The average molecular weight is 512 g/mol. The highest BCUT2D eigenvalue weighted by atomic mass is 32.2. The number of amides is 2. The Morgan fingerprint density at radius 2 is 1.75 bits per heavy atom. The first kappa shape index (κ1) is 21.6. The summed E-state index contributed by atoms with van der Waals surface area (Å²) in [5.41, 5.74) is 3.86. The van der Waals surface area contributed by atoms with Crippen molar-refractivity contribution in [2.75, 3.05) is 25.4 Å². The smallest absolute Gasteiger partial charge is 0.417 e. The van der Waals surface area contributed by atoms with Crippen LogP contribution in [0.5, 0.6) is 0 Å². The van der Waals surface area contributed by atoms with E-state index in [2.05, 4.69) is 59.5 Å². The third-order valence-electron chi connectivity index (χ3n) is 6.90. The lowest BCUT2D eigenvalue weighted by Crippen LogP contribution is -2.39. The van der Waals surface area contributed by atoms with Gasteiger partial charge in [-0.2, -0.15) is 0 Å². The Bertz CT molecular complexity index is 1590. The molecule has 2 saturated heterocycles. The van der Waals surface area contributed by atoms with Crippen LogP contribution in [0.25, 0.3) is 25.9 Å². The lowest BCUT2D eigenvalue weighted by Gasteiger charge is -2.37. The van der Waals surface area contributed by atoms with Crippen LogP contribution in [-0.4, -0.2) is 52.4 Å². The first-order valence-electron chi connectivity index (χ1n) is 11.8. The lowest BCUT2D eigenvalue weighted by atomic mass is 9.91. The van der Waals surface area contributed by atoms with Crippen molar-refractivity contribution < 1.29 is 14.3 Å². The van der Waals surface area contributed by atoms with Crippen molar-refractivity contribution >= 4 is 66.1 Å². The van der Waals surface area contributed by atoms with E-state index in [4.69, 9.17) is 9.73 Å². The van der Waals surface area contributed by atoms with Gasteiger partial charge in [0.1, 0.15) is 0 Å². The van der Waals surface area contributed by atoms with Gasteiger partial charge in [-0.3, -0.25) is 4.79 Å². The normalized spacial score (nSPS) is 19.9. The molecule has 7 rings (SSSR count). The van der Waals surface area contributed by atoms with Crippen LogP contribution < -0.4 is 0 Å². The molecule has 0 N–H and O–H groups in total. The van der Waals surface area contributed by atoms with Crippen LogP contribution in [0.4, 0.5) is 4.79 Å². The lowest BCUT2D eigenvalue weighted by molar-refractivity contribution is -0.125. The molecule has 8 heteroatoms. The van der Waals surface area contributed by atoms with Gasteiger partial charge in [0.05, 0.1) is 18.3 Å². The van der Waals surface area contributed by atoms with E-state index in [0.717, 1.165) is 39.9 Å². The zero-order valence-corrected chi connectivity index (χ0v) is 20.8. The van der Waals surface area contributed by atoms with Crippen molar-refractivity contribution in [3.05, 3.63) is 89.5 Å². The zero-order chi connectivity index (χ0) is 24.2. The van der Waals surface area contributed by atoms with Crippen molar-refractivity contribution in [3.63, 3.8) is 0 Å². The number of carbonyl (C=O) groups excluding carboxylic acids is 2. The number of amidine groups is 1. The van der Waals surface area contributed by atoms with Crippen LogP contribution in [0.15, 0.2) is 83.4 Å². The van der Waals surface area contributed by atoms with Crippen LogP contribution in [0, 0.1) is 0 Å². The first-order chi connectivity index (χ1) is 17.7. The number of benzene rings is 3. The fourth-order valence-corrected chi connectivity index (χ4v) is 7.32. The Morgan fingerprint density at radius 3 is 2.58 bits per heavy atom. The SMILES string of the molecule is O=C1COC(=O)N1CC1=C(c2ccc3sc4ccccc4c3c2)N=C2SCCN2C1c1ccccc1. The van der Waals surface area contributed by atoms with Crippen molar-refractivity contribution in [2.24, 2.45) is 4.99 Å². The summed E-state index contributed by atoms with van der Waals surface area (Å²) in [6.45, 7) is 0.789. The van der Waals surface area contributed by atoms with E-state index < -0.39 is 6.09 Å². The second-order valence-corrected chi connectivity index (χ2v) is 11.1. The molecule has 3 aliphatic heterocycles. The molecule has 1 aromatic heterocycles. The highest BCUT2D eigenvalue weighted by Gasteiger charge is 2.40. The van der Waals surface area contributed by atoms with Gasteiger partial charge in [-0.05, 0) is 23.8 Å². The van der Waals surface area contributed by atoms with Crippen LogP contribution in [0.1, 0.15) is 17.2 Å². The topological polar surface area (TPSA) is 62.2 Å². The Kier molecular flexibility index (Phi) is 5.11. The van der Waals surface area contributed by atoms with E-state index in [1.165, 1.54) is 25.1 Å². The van der Waals surface area contributed by atoms with Gasteiger partial charge in [-0.25, -0.2) is 14.7 Å². The molecule has 1 unspecified atom stereocenters. The Hall–Kier alpha value is -3.62. The first-order valence-corrected chi connectivity index (χ1v) is 13.6. The quantitative estimate of drug-likeness (QED) is 0.341. The zero-order valence-electron chi connectivity index (χ0n) is 19.2. The molecule has 4 heterocycles. The van der Waals surface area contributed by atoms with Gasteiger partial charge in [-0.15, -0.1) is 11.3 Å². The highest BCUT2D eigenvalue weighted by molar-refractivity contribution is 8.14. The molecule has 1 atom stereocenters. The molecule has 4 aromatic rings. The number of cyclic esters (lactones) is 1. The summed E-state index contributed by atoms with van der Waals surface area (Å²) >= 11 is 3.53. The van der Waals surface area contributed by atoms with E-state index in [1.54, 1.807) is 23.1 Å². The maximum Gasteiger partial charge on any atom is 0.417 e. The molecule has 2 amide bonds. The van der Waals surface area contributed by atoms with Crippen molar-refractivity contribution in [1.82, 2.24) is 9.80 Å². The molecule has 3 aromatic carbocycles. The minimum atomic E-state index is -0.594. The summed E-state index contributed by atoms with van der Waals surface area (Å²) in [5.74, 6) is 0.630. The average Bonchev–Trinajstić information content (AvgIpc) is 3.61. The summed E-state index contributed by atoms with van der Waals surface area (Å²) in [6.07, 6.45) is -0.594. The van der Waals surface area contributed by atoms with Crippen molar-refractivity contribution in [2.45, 2.75) is 6.04 Å². The molecule has 0 bridgehead atoms. The summed E-state index contributed by atoms with van der Waals surface area (Å²) in [6, 6.07) is 25.0. The Morgan fingerprint density at radius 1 is 0.944 bits per heavy atom. The molecule has 0 spiro atoms. The number of thioether (sulfide) groups is 1. The van der Waals surface area contributed by atoms with Gasteiger partial charge in [0, 0.05) is 43.6 Å². The molecule has 2 fully saturated rings. The number of carbonyl (C=O) groups is 2. The fraction of sp³-hybridized carbons (Fsp3) is 0.179. The van der Waals surface area contributed by atoms with Crippen LogP contribution >= 0.6 is 23.1 Å². The molecule has 178 valence electrons. The minimum absolute atomic E-state index is 0.125. The van der Waals surface area contributed by atoms with Gasteiger partial charge in [-0.1, -0.05) is 66.4 Å². The van der Waals surface area contributed by atoms with Gasteiger partial charge in [0.15, 0.2) is 11.8 Å². The predicted molar refractivity (Wildman–Crippen MR) is 145 cm³/mol. The fourth-order valence-electron chi connectivity index (χ4n) is 5.24. The largest absolute Gasteiger partial charge is 0.439 e. The number of thiophene rings is 1. The van der Waals surface area contributed by atoms with Crippen LogP contribution in [0.3, 0.4) is 0 Å². The van der Waals surface area contributed by atoms with E-state index in [9.17, 15) is 9.59 Å². The maximum atomic E-state index is 12.6. The van der Waals surface area contributed by atoms with Crippen molar-refractivity contribution in [1.29, 1.82) is 0 Å². The van der Waals surface area contributed by atoms with Crippen LogP contribution in [-0.2, 0) is 9.53 Å². The summed E-state index contributed by atoms with van der Waals surface area (Å²) < 4.78 is 7.52. The maximum absolute atomic E-state index is 12.6. The molecule has 0 aliphatic carbocycles. The third-order valence-corrected chi connectivity index (χ3v) is 9.02. The molecule has 3 aliphatic rings. The number of rotatable bonds is 4. The Balaban J connectivity index is 1.46. The molecular weight excluding hydrogens is 490 g/mol. The number of ether oxygens (including phenoxy) is 1. The molecular formula is C28H21N3O3S2. The minimum Gasteiger partial charge on any atom is -0.439 e. The molecule has 36 heavy (non-hydrogen) atoms. The molecule has 0 radical (unpaired) electrons. The molecule has 6 nitrogen and oxygen atoms in total. The molecule has 0 saturated carbocycles.